The first-order valence-electron chi connectivity index (χ1n) is 5.70. The maximum absolute atomic E-state index is 11.0. The SMILES string of the molecule is O=[N+]([O-])c1cccc(Cl)c1CNc1c(Cl)cc(Cl)cc1Cl. The Morgan fingerprint density at radius 3 is 2.24 bits per heavy atom. The van der Waals surface area contributed by atoms with Gasteiger partial charge in [0.25, 0.3) is 5.69 Å². The van der Waals surface area contributed by atoms with Gasteiger partial charge in [0.1, 0.15) is 0 Å². The molecule has 0 aliphatic rings. The van der Waals surface area contributed by atoms with Crippen LogP contribution in [-0.2, 0) is 6.54 Å². The van der Waals surface area contributed by atoms with Crippen molar-refractivity contribution in [1.29, 1.82) is 0 Å². The third-order valence-electron chi connectivity index (χ3n) is 2.74. The molecule has 0 saturated heterocycles. The highest BCUT2D eigenvalue weighted by Gasteiger charge is 2.17. The van der Waals surface area contributed by atoms with Crippen LogP contribution in [0.2, 0.25) is 20.1 Å². The lowest BCUT2D eigenvalue weighted by Crippen LogP contribution is -2.04. The van der Waals surface area contributed by atoms with Gasteiger partial charge in [0.2, 0.25) is 0 Å². The summed E-state index contributed by atoms with van der Waals surface area (Å²) in [6.07, 6.45) is 0. The fourth-order valence-corrected chi connectivity index (χ4v) is 2.97. The van der Waals surface area contributed by atoms with Crippen LogP contribution in [0.15, 0.2) is 30.3 Å². The van der Waals surface area contributed by atoms with Crippen molar-refractivity contribution in [1.82, 2.24) is 0 Å². The molecule has 2 aromatic carbocycles. The molecule has 21 heavy (non-hydrogen) atoms. The Hall–Kier alpha value is -1.20. The summed E-state index contributed by atoms with van der Waals surface area (Å²) in [5.74, 6) is 0. The molecule has 2 aromatic rings. The van der Waals surface area contributed by atoms with E-state index in [1.165, 1.54) is 24.3 Å². The first kappa shape index (κ1) is 16.2. The fraction of sp³-hybridized carbons (Fsp3) is 0.0769. The number of benzene rings is 2. The molecule has 0 saturated carbocycles. The first-order valence-corrected chi connectivity index (χ1v) is 7.21. The van der Waals surface area contributed by atoms with Crippen molar-refractivity contribution in [2.24, 2.45) is 0 Å². The molecule has 0 fully saturated rings. The minimum atomic E-state index is -0.492. The maximum atomic E-state index is 11.0. The van der Waals surface area contributed by atoms with E-state index in [9.17, 15) is 10.1 Å². The third-order valence-corrected chi connectivity index (χ3v) is 3.91. The van der Waals surface area contributed by atoms with E-state index in [1.807, 2.05) is 0 Å². The van der Waals surface area contributed by atoms with Crippen molar-refractivity contribution in [3.63, 3.8) is 0 Å². The highest BCUT2D eigenvalue weighted by molar-refractivity contribution is 6.41. The molecule has 0 radical (unpaired) electrons. The van der Waals surface area contributed by atoms with Gasteiger partial charge in [0.05, 0.1) is 31.2 Å². The summed E-state index contributed by atoms with van der Waals surface area (Å²) >= 11 is 23.9. The molecule has 4 nitrogen and oxygen atoms in total. The number of hydrogen-bond acceptors (Lipinski definition) is 3. The van der Waals surface area contributed by atoms with Gasteiger partial charge in [-0.1, -0.05) is 52.5 Å². The molecule has 2 rings (SSSR count). The number of halogens is 4. The van der Waals surface area contributed by atoms with Crippen LogP contribution in [0.4, 0.5) is 11.4 Å². The number of nitro groups is 1. The van der Waals surface area contributed by atoms with Crippen LogP contribution in [0.5, 0.6) is 0 Å². The van der Waals surface area contributed by atoms with Crippen LogP contribution < -0.4 is 5.32 Å². The van der Waals surface area contributed by atoms with E-state index < -0.39 is 4.92 Å². The van der Waals surface area contributed by atoms with Gasteiger partial charge in [-0.3, -0.25) is 10.1 Å². The monoisotopic (exact) mass is 364 g/mol. The van der Waals surface area contributed by atoms with Gasteiger partial charge in [-0.2, -0.15) is 0 Å². The smallest absolute Gasteiger partial charge is 0.275 e. The summed E-state index contributed by atoms with van der Waals surface area (Å²) in [4.78, 5) is 10.5. The highest BCUT2D eigenvalue weighted by Crippen LogP contribution is 2.35. The van der Waals surface area contributed by atoms with E-state index in [4.69, 9.17) is 46.4 Å². The molecule has 0 aliphatic carbocycles. The average Bonchev–Trinajstić information content (AvgIpc) is 2.38. The summed E-state index contributed by atoms with van der Waals surface area (Å²) in [7, 11) is 0. The molecule has 0 unspecified atom stereocenters. The highest BCUT2D eigenvalue weighted by atomic mass is 35.5. The zero-order chi connectivity index (χ0) is 15.6. The maximum Gasteiger partial charge on any atom is 0.275 e. The molecule has 0 spiro atoms. The van der Waals surface area contributed by atoms with Crippen molar-refractivity contribution >= 4 is 57.8 Å². The Kier molecular flexibility index (Phi) is 5.17. The van der Waals surface area contributed by atoms with Gasteiger partial charge < -0.3 is 5.32 Å². The second-order valence-corrected chi connectivity index (χ2v) is 5.75. The van der Waals surface area contributed by atoms with E-state index in [1.54, 1.807) is 6.07 Å². The van der Waals surface area contributed by atoms with Crippen molar-refractivity contribution < 1.29 is 4.92 Å². The predicted molar refractivity (Wildman–Crippen MR) is 86.9 cm³/mol. The normalized spacial score (nSPS) is 10.5. The zero-order valence-electron chi connectivity index (χ0n) is 10.4. The van der Waals surface area contributed by atoms with Crippen LogP contribution in [0, 0.1) is 10.1 Å². The summed E-state index contributed by atoms with van der Waals surface area (Å²) in [6.45, 7) is 0.108. The molecule has 1 N–H and O–H groups in total. The second-order valence-electron chi connectivity index (χ2n) is 4.09. The van der Waals surface area contributed by atoms with Crippen LogP contribution in [0.25, 0.3) is 0 Å². The Labute approximate surface area is 140 Å². The van der Waals surface area contributed by atoms with E-state index in [0.717, 1.165) is 0 Å². The summed E-state index contributed by atoms with van der Waals surface area (Å²) in [6, 6.07) is 7.54. The van der Waals surface area contributed by atoms with Crippen molar-refractivity contribution in [3.05, 3.63) is 66.1 Å². The number of nitrogens with zero attached hydrogens (tertiary/aromatic N) is 1. The summed E-state index contributed by atoms with van der Waals surface area (Å²) in [5, 5.41) is 15.3. The Bertz CT molecular complexity index is 684. The lowest BCUT2D eigenvalue weighted by Gasteiger charge is -2.12. The van der Waals surface area contributed by atoms with Gasteiger partial charge in [-0.15, -0.1) is 0 Å². The third kappa shape index (κ3) is 3.71. The summed E-state index contributed by atoms with van der Waals surface area (Å²) < 4.78 is 0. The van der Waals surface area contributed by atoms with Gasteiger partial charge in [-0.25, -0.2) is 0 Å². The van der Waals surface area contributed by atoms with Crippen LogP contribution in [0.1, 0.15) is 5.56 Å². The molecular formula is C13H8Cl4N2O2. The molecule has 0 aliphatic heterocycles. The quantitative estimate of drug-likeness (QED) is 0.548. The minimum absolute atomic E-state index is 0.0730. The second kappa shape index (κ2) is 6.71. The van der Waals surface area contributed by atoms with E-state index >= 15 is 0 Å². The van der Waals surface area contributed by atoms with E-state index in [0.29, 0.717) is 26.3 Å². The zero-order valence-corrected chi connectivity index (χ0v) is 13.4. The minimum Gasteiger partial charge on any atom is -0.378 e. The molecule has 0 atom stereocenters. The lowest BCUT2D eigenvalue weighted by atomic mass is 10.1. The summed E-state index contributed by atoms with van der Waals surface area (Å²) in [5.41, 5.74) is 0.722. The number of nitrogens with one attached hydrogen (secondary N) is 1. The first-order chi connectivity index (χ1) is 9.90. The number of hydrogen-bond donors (Lipinski definition) is 1. The molecule has 8 heteroatoms. The standard InChI is InChI=1S/C13H8Cl4N2O2/c14-7-4-10(16)13(11(17)5-7)18-6-8-9(15)2-1-3-12(8)19(20)21/h1-5,18H,6H2. The number of rotatable bonds is 4. The van der Waals surface area contributed by atoms with Crippen molar-refractivity contribution in [3.8, 4) is 0 Å². The topological polar surface area (TPSA) is 55.2 Å². The fourth-order valence-electron chi connectivity index (χ4n) is 1.78. The van der Waals surface area contributed by atoms with Gasteiger partial charge in [0.15, 0.2) is 0 Å². The number of nitro benzene ring substituents is 1. The lowest BCUT2D eigenvalue weighted by molar-refractivity contribution is -0.385. The molecule has 110 valence electrons. The number of anilines is 1. The van der Waals surface area contributed by atoms with Gasteiger partial charge in [-0.05, 0) is 18.2 Å². The molecular weight excluding hydrogens is 358 g/mol. The van der Waals surface area contributed by atoms with E-state index in [-0.39, 0.29) is 17.3 Å². The molecule has 0 amide bonds. The molecule has 0 bridgehead atoms. The molecule has 0 aromatic heterocycles. The van der Waals surface area contributed by atoms with Crippen LogP contribution in [-0.4, -0.2) is 4.92 Å². The Morgan fingerprint density at radius 1 is 1.05 bits per heavy atom. The molecule has 0 heterocycles. The van der Waals surface area contributed by atoms with E-state index in [2.05, 4.69) is 5.32 Å². The van der Waals surface area contributed by atoms with Crippen molar-refractivity contribution in [2.75, 3.05) is 5.32 Å². The largest absolute Gasteiger partial charge is 0.378 e. The van der Waals surface area contributed by atoms with Crippen LogP contribution >= 0.6 is 46.4 Å². The van der Waals surface area contributed by atoms with Crippen molar-refractivity contribution in [2.45, 2.75) is 6.54 Å². The van der Waals surface area contributed by atoms with Gasteiger partial charge in [0, 0.05) is 17.6 Å². The van der Waals surface area contributed by atoms with Crippen LogP contribution in [0.3, 0.4) is 0 Å². The Balaban J connectivity index is 2.31. The average molecular weight is 366 g/mol. The predicted octanol–water partition coefficient (Wildman–Crippen LogP) is 5.82. The van der Waals surface area contributed by atoms with Gasteiger partial charge >= 0.3 is 0 Å². The Morgan fingerprint density at radius 2 is 1.67 bits per heavy atom.